The number of fused-ring (bicyclic) bond motifs is 4. The van der Waals surface area contributed by atoms with Gasteiger partial charge < -0.3 is 9.47 Å². The van der Waals surface area contributed by atoms with Gasteiger partial charge in [-0.3, -0.25) is 0 Å². The molecule has 59 heavy (non-hydrogen) atoms. The molecule has 8 rings (SSSR count). The van der Waals surface area contributed by atoms with E-state index in [1.165, 1.54) is 48.5 Å². The summed E-state index contributed by atoms with van der Waals surface area (Å²) in [4.78, 5) is 33.9. The van der Waals surface area contributed by atoms with Gasteiger partial charge in [-0.2, -0.15) is 0 Å². The molecule has 0 N–H and O–H groups in total. The van der Waals surface area contributed by atoms with E-state index in [1.807, 2.05) is 60.7 Å². The molecule has 0 radical (unpaired) electrons. The molecule has 10 nitrogen and oxygen atoms in total. The van der Waals surface area contributed by atoms with Gasteiger partial charge in [-0.1, -0.05) is 72.8 Å². The molecule has 2 aliphatic rings. The van der Waals surface area contributed by atoms with Gasteiger partial charge in [-0.25, -0.2) is 38.2 Å². The van der Waals surface area contributed by atoms with Crippen LogP contribution in [0.3, 0.4) is 0 Å². The molecule has 11 heteroatoms. The fourth-order valence-electron chi connectivity index (χ4n) is 7.53. The highest BCUT2D eigenvalue weighted by molar-refractivity contribution is 7.91. The van der Waals surface area contributed by atoms with Crippen LogP contribution in [-0.4, -0.2) is 20.4 Å². The first-order valence-corrected chi connectivity index (χ1v) is 19.5. The number of ether oxygens (including phenoxy) is 2. The highest BCUT2D eigenvalue weighted by atomic mass is 32.2. The lowest BCUT2D eigenvalue weighted by Crippen LogP contribution is -2.17. The van der Waals surface area contributed by atoms with Gasteiger partial charge in [0.05, 0.1) is 46.2 Å². The van der Waals surface area contributed by atoms with E-state index in [2.05, 4.69) is 9.69 Å². The van der Waals surface area contributed by atoms with E-state index in [1.54, 1.807) is 36.4 Å². The molecule has 0 heterocycles. The molecule has 280 valence electrons. The Bertz CT molecular complexity index is 2900. The van der Waals surface area contributed by atoms with Crippen LogP contribution in [0, 0.1) is 35.8 Å². The molecule has 0 unspecified atom stereocenters. The lowest BCUT2D eigenvalue weighted by molar-refractivity contribution is 0.0724. The van der Waals surface area contributed by atoms with Crippen LogP contribution < -0.4 is 9.47 Å². The van der Waals surface area contributed by atoms with E-state index in [4.69, 9.17) is 22.6 Å². The second-order valence-electron chi connectivity index (χ2n) is 13.5. The van der Waals surface area contributed by atoms with Gasteiger partial charge in [0.1, 0.15) is 11.5 Å². The minimum atomic E-state index is -4.05. The Morgan fingerprint density at radius 3 is 1.27 bits per heavy atom. The largest absolute Gasteiger partial charge is 0.423 e. The maximum absolute atomic E-state index is 13.6. The number of nitrogens with zero attached hydrogens (tertiary/aromatic N) is 4. The molecule has 0 bridgehead atoms. The topological polar surface area (TPSA) is 143 Å². The Balaban J connectivity index is 0.992. The summed E-state index contributed by atoms with van der Waals surface area (Å²) < 4.78 is 38.6. The van der Waals surface area contributed by atoms with Crippen molar-refractivity contribution in [3.63, 3.8) is 0 Å². The maximum atomic E-state index is 13.6. The Morgan fingerprint density at radius 2 is 0.898 bits per heavy atom. The number of carbonyl (C=O) groups excluding carboxylic acids is 2. The second-order valence-corrected chi connectivity index (χ2v) is 15.4. The number of allylic oxidation sites excluding steroid dienone is 2. The van der Waals surface area contributed by atoms with E-state index < -0.39 is 21.8 Å². The summed E-state index contributed by atoms with van der Waals surface area (Å²) >= 11 is 0. The summed E-state index contributed by atoms with van der Waals surface area (Å²) in [6.45, 7) is 15.2. The van der Waals surface area contributed by atoms with Crippen molar-refractivity contribution in [3.05, 3.63) is 223 Å². The highest BCUT2D eigenvalue weighted by Gasteiger charge is 2.29. The molecule has 0 saturated heterocycles. The number of hydrogen-bond donors (Lipinski definition) is 0. The van der Waals surface area contributed by atoms with Crippen LogP contribution in [-0.2, 0) is 22.7 Å². The average molecular weight is 787 g/mol. The van der Waals surface area contributed by atoms with Crippen molar-refractivity contribution in [2.75, 3.05) is 0 Å². The molecule has 0 amide bonds. The van der Waals surface area contributed by atoms with E-state index in [0.29, 0.717) is 46.2 Å². The van der Waals surface area contributed by atoms with Gasteiger partial charge in [-0.15, -0.1) is 0 Å². The normalized spacial score (nSPS) is 13.9. The van der Waals surface area contributed by atoms with Gasteiger partial charge >= 0.3 is 11.9 Å². The molecule has 2 aliphatic carbocycles. The first kappa shape index (κ1) is 37.6. The van der Waals surface area contributed by atoms with Crippen molar-refractivity contribution < 1.29 is 27.5 Å². The summed E-state index contributed by atoms with van der Waals surface area (Å²) in [5.74, 6) is -1.16. The summed E-state index contributed by atoms with van der Waals surface area (Å²) in [6, 6.07) is 39.7. The third-order valence-corrected chi connectivity index (χ3v) is 12.0. The maximum Gasteiger partial charge on any atom is 0.343 e. The van der Waals surface area contributed by atoms with Gasteiger partial charge in [-0.05, 0) is 118 Å². The van der Waals surface area contributed by atoms with Crippen LogP contribution >= 0.6 is 0 Å². The van der Waals surface area contributed by atoms with E-state index >= 15 is 0 Å². The number of esters is 2. The fraction of sp³-hybridized carbons (Fsp3) is 0.0417. The van der Waals surface area contributed by atoms with E-state index in [9.17, 15) is 28.5 Å². The van der Waals surface area contributed by atoms with Crippen molar-refractivity contribution in [2.45, 2.75) is 22.6 Å². The first-order valence-electron chi connectivity index (χ1n) is 18.0. The standard InChI is InChI=1S/C48H26N4O6S/c1-51-43(27-49)45-35-11-5-3-9-29(35)25-41-37(45)13-7-15-39(41)47(53)57-31-17-21-33(22-18-31)59(55,56)34-23-19-32(20-24-34)58-48(54)40-16-8-14-38-42(40)26-30-10-4-6-12-36(30)46(38)44(28-50)52-2/h3-24H,25-26H2/b45-43-,46-44+. The summed E-state index contributed by atoms with van der Waals surface area (Å²) in [5.41, 5.74) is 6.88. The number of hydrogen-bond acceptors (Lipinski definition) is 8. The fourth-order valence-corrected chi connectivity index (χ4v) is 8.79. The predicted molar refractivity (Wildman–Crippen MR) is 216 cm³/mol. The lowest BCUT2D eigenvalue weighted by Gasteiger charge is -2.24. The lowest BCUT2D eigenvalue weighted by atomic mass is 9.79. The SMILES string of the molecule is [C-]#[N+]/C(C#N)=C1/c2ccccc2Cc2c(C(=O)Oc3ccc(S(=O)(=O)c4ccc(OC(=O)c5cccc6c5Cc5ccccc5/C6=C(/C#N)[N+]#[C-])cc4)cc3)cccc21. The summed E-state index contributed by atoms with van der Waals surface area (Å²) in [6.07, 6.45) is 0.754. The monoisotopic (exact) mass is 786 g/mol. The zero-order chi connectivity index (χ0) is 41.3. The minimum Gasteiger partial charge on any atom is -0.423 e. The van der Waals surface area contributed by atoms with E-state index in [-0.39, 0.29) is 43.8 Å². The number of rotatable bonds is 6. The molecule has 0 spiro atoms. The molecule has 0 aliphatic heterocycles. The predicted octanol–water partition coefficient (Wildman–Crippen LogP) is 9.17. The Morgan fingerprint density at radius 1 is 0.525 bits per heavy atom. The van der Waals surface area contributed by atoms with Crippen molar-refractivity contribution in [1.82, 2.24) is 0 Å². The number of nitriles is 2. The molecular formula is C48H26N4O6S. The van der Waals surface area contributed by atoms with Crippen LogP contribution in [0.25, 0.3) is 20.8 Å². The number of carbonyl (C=O) groups is 2. The Hall–Kier alpha value is -8.35. The Kier molecular flexibility index (Phi) is 9.74. The molecule has 6 aromatic rings. The number of benzene rings is 6. The number of sulfone groups is 1. The van der Waals surface area contributed by atoms with Crippen LogP contribution in [0.2, 0.25) is 0 Å². The molecule has 6 aromatic carbocycles. The minimum absolute atomic E-state index is 0.0649. The van der Waals surface area contributed by atoms with Crippen molar-refractivity contribution >= 4 is 32.9 Å². The zero-order valence-corrected chi connectivity index (χ0v) is 31.6. The Labute approximate surface area is 339 Å². The smallest absolute Gasteiger partial charge is 0.343 e. The van der Waals surface area contributed by atoms with Crippen molar-refractivity contribution in [1.29, 1.82) is 10.5 Å². The summed E-state index contributed by atoms with van der Waals surface area (Å²) in [5, 5.41) is 19.5. The van der Waals surface area contributed by atoms with Gasteiger partial charge in [0, 0.05) is 11.1 Å². The summed E-state index contributed by atoms with van der Waals surface area (Å²) in [7, 11) is -4.05. The van der Waals surface area contributed by atoms with Gasteiger partial charge in [0.2, 0.25) is 9.84 Å². The van der Waals surface area contributed by atoms with Crippen molar-refractivity contribution in [3.8, 4) is 23.6 Å². The van der Waals surface area contributed by atoms with E-state index in [0.717, 1.165) is 22.3 Å². The second kappa shape index (κ2) is 15.3. The molecule has 0 fully saturated rings. The van der Waals surface area contributed by atoms with Gasteiger partial charge in [0.15, 0.2) is 0 Å². The van der Waals surface area contributed by atoms with Crippen LogP contribution in [0.1, 0.15) is 65.2 Å². The van der Waals surface area contributed by atoms with Crippen molar-refractivity contribution in [2.24, 2.45) is 0 Å². The average Bonchev–Trinajstić information content (AvgIpc) is 3.26. The molecule has 0 saturated carbocycles. The van der Waals surface area contributed by atoms with Crippen LogP contribution in [0.4, 0.5) is 0 Å². The molecule has 0 aromatic heterocycles. The quantitative estimate of drug-likeness (QED) is 0.0703. The third kappa shape index (κ3) is 6.71. The van der Waals surface area contributed by atoms with Crippen LogP contribution in [0.15, 0.2) is 155 Å². The third-order valence-electron chi connectivity index (χ3n) is 10.2. The van der Waals surface area contributed by atoms with Gasteiger partial charge in [0.25, 0.3) is 11.4 Å². The molecule has 0 atom stereocenters. The first-order chi connectivity index (χ1) is 28.7. The highest BCUT2D eigenvalue weighted by Crippen LogP contribution is 2.41. The zero-order valence-electron chi connectivity index (χ0n) is 30.8. The van der Waals surface area contributed by atoms with Crippen LogP contribution in [0.5, 0.6) is 11.5 Å². The molecular weight excluding hydrogens is 761 g/mol.